The van der Waals surface area contributed by atoms with Crippen molar-refractivity contribution in [3.63, 3.8) is 0 Å². The van der Waals surface area contributed by atoms with Gasteiger partial charge < -0.3 is 5.32 Å². The van der Waals surface area contributed by atoms with Crippen molar-refractivity contribution >= 4 is 21.6 Å². The highest BCUT2D eigenvalue weighted by molar-refractivity contribution is 7.89. The highest BCUT2D eigenvalue weighted by atomic mass is 32.2. The summed E-state index contributed by atoms with van der Waals surface area (Å²) >= 11 is 0. The number of sulfonamides is 1. The lowest BCUT2D eigenvalue weighted by Gasteiger charge is -2.16. The Morgan fingerprint density at radius 1 is 0.900 bits per heavy atom. The van der Waals surface area contributed by atoms with E-state index in [2.05, 4.69) is 15.0 Å². The van der Waals surface area contributed by atoms with E-state index in [4.69, 9.17) is 0 Å². The Hall–Kier alpha value is -3.03. The summed E-state index contributed by atoms with van der Waals surface area (Å²) in [7, 11) is -3.67. The molecule has 1 aromatic heterocycles. The average Bonchev–Trinajstić information content (AvgIpc) is 2.72. The summed E-state index contributed by atoms with van der Waals surface area (Å²) in [6.07, 6.45) is 3.20. The number of hydrogen-bond donors (Lipinski definition) is 2. The quantitative estimate of drug-likeness (QED) is 0.626. The Morgan fingerprint density at radius 3 is 2.03 bits per heavy atom. The molecule has 0 aliphatic heterocycles. The van der Waals surface area contributed by atoms with Crippen LogP contribution in [0.2, 0.25) is 0 Å². The minimum atomic E-state index is -3.67. The van der Waals surface area contributed by atoms with E-state index in [0.29, 0.717) is 16.1 Å². The number of aryl methyl sites for hydroxylation is 2. The van der Waals surface area contributed by atoms with Crippen molar-refractivity contribution < 1.29 is 13.2 Å². The van der Waals surface area contributed by atoms with E-state index in [1.54, 1.807) is 48.8 Å². The minimum absolute atomic E-state index is 0.139. The fourth-order valence-electron chi connectivity index (χ4n) is 3.25. The Labute approximate surface area is 177 Å². The maximum Gasteiger partial charge on any atom is 0.255 e. The molecule has 0 atom stereocenters. The summed E-state index contributed by atoms with van der Waals surface area (Å²) in [4.78, 5) is 16.6. The first-order chi connectivity index (χ1) is 14.2. The van der Waals surface area contributed by atoms with Crippen molar-refractivity contribution in [3.05, 3.63) is 88.2 Å². The first kappa shape index (κ1) is 21.7. The topological polar surface area (TPSA) is 88.2 Å². The first-order valence-electron chi connectivity index (χ1n) is 9.56. The number of amides is 1. The van der Waals surface area contributed by atoms with Crippen LogP contribution in [0.4, 0.5) is 5.69 Å². The molecule has 1 heterocycles. The molecule has 0 fully saturated rings. The van der Waals surface area contributed by atoms with Gasteiger partial charge in [0, 0.05) is 30.2 Å². The second-order valence-corrected chi connectivity index (χ2v) is 9.00. The molecule has 156 valence electrons. The van der Waals surface area contributed by atoms with Gasteiger partial charge in [-0.3, -0.25) is 9.78 Å². The largest absolute Gasteiger partial charge is 0.322 e. The molecule has 7 heteroatoms. The highest BCUT2D eigenvalue weighted by Crippen LogP contribution is 2.26. The third kappa shape index (κ3) is 4.75. The van der Waals surface area contributed by atoms with Crippen LogP contribution in [0, 0.1) is 27.7 Å². The Kier molecular flexibility index (Phi) is 6.34. The number of carbonyl (C=O) groups is 1. The van der Waals surface area contributed by atoms with Crippen molar-refractivity contribution in [2.45, 2.75) is 39.1 Å². The molecule has 0 aliphatic carbocycles. The highest BCUT2D eigenvalue weighted by Gasteiger charge is 2.21. The zero-order chi connectivity index (χ0) is 21.9. The van der Waals surface area contributed by atoms with Crippen molar-refractivity contribution in [1.82, 2.24) is 9.71 Å². The fourth-order valence-corrected chi connectivity index (χ4v) is 4.88. The monoisotopic (exact) mass is 423 g/mol. The van der Waals surface area contributed by atoms with Gasteiger partial charge in [0.15, 0.2) is 0 Å². The Morgan fingerprint density at radius 2 is 1.47 bits per heavy atom. The molecular weight excluding hydrogens is 398 g/mol. The van der Waals surface area contributed by atoms with E-state index in [9.17, 15) is 13.2 Å². The summed E-state index contributed by atoms with van der Waals surface area (Å²) in [5.74, 6) is -0.241. The molecule has 0 bridgehead atoms. The standard InChI is InChI=1S/C23H25N3O3S/c1-15-13-16(2)18(4)22(17(15)3)30(28,29)25-14-19-5-7-20(8-6-19)23(27)26-21-9-11-24-12-10-21/h5-13,25H,14H2,1-4H3,(H,24,26,27). The summed E-state index contributed by atoms with van der Waals surface area (Å²) < 4.78 is 28.6. The fraction of sp³-hybridized carbons (Fsp3) is 0.217. The van der Waals surface area contributed by atoms with Crippen molar-refractivity contribution in [3.8, 4) is 0 Å². The van der Waals surface area contributed by atoms with Crippen LogP contribution in [-0.4, -0.2) is 19.3 Å². The molecule has 2 N–H and O–H groups in total. The zero-order valence-corrected chi connectivity index (χ0v) is 18.3. The number of rotatable bonds is 6. The van der Waals surface area contributed by atoms with Gasteiger partial charge in [-0.1, -0.05) is 18.2 Å². The van der Waals surface area contributed by atoms with E-state index < -0.39 is 10.0 Å². The van der Waals surface area contributed by atoms with E-state index in [1.807, 2.05) is 33.8 Å². The van der Waals surface area contributed by atoms with Crippen LogP contribution in [0.1, 0.15) is 38.2 Å². The maximum absolute atomic E-state index is 12.9. The van der Waals surface area contributed by atoms with Gasteiger partial charge in [0.25, 0.3) is 5.91 Å². The molecule has 2 aromatic carbocycles. The van der Waals surface area contributed by atoms with Gasteiger partial charge in [0.05, 0.1) is 4.90 Å². The molecule has 0 unspecified atom stereocenters. The number of nitrogens with zero attached hydrogens (tertiary/aromatic N) is 1. The number of aromatic nitrogens is 1. The van der Waals surface area contributed by atoms with Crippen molar-refractivity contribution in [1.29, 1.82) is 0 Å². The Balaban J connectivity index is 1.71. The van der Waals surface area contributed by atoms with E-state index >= 15 is 0 Å². The third-order valence-electron chi connectivity index (χ3n) is 5.19. The average molecular weight is 424 g/mol. The van der Waals surface area contributed by atoms with Crippen LogP contribution in [0.25, 0.3) is 0 Å². The van der Waals surface area contributed by atoms with E-state index in [0.717, 1.165) is 27.8 Å². The van der Waals surface area contributed by atoms with Crippen molar-refractivity contribution in [2.24, 2.45) is 0 Å². The third-order valence-corrected chi connectivity index (χ3v) is 6.86. The lowest BCUT2D eigenvalue weighted by Crippen LogP contribution is -2.25. The maximum atomic E-state index is 12.9. The van der Waals surface area contributed by atoms with E-state index in [-0.39, 0.29) is 12.5 Å². The van der Waals surface area contributed by atoms with Crippen LogP contribution in [-0.2, 0) is 16.6 Å². The van der Waals surface area contributed by atoms with Gasteiger partial charge in [-0.15, -0.1) is 0 Å². The van der Waals surface area contributed by atoms with Gasteiger partial charge >= 0.3 is 0 Å². The predicted molar refractivity (Wildman–Crippen MR) is 118 cm³/mol. The van der Waals surface area contributed by atoms with Gasteiger partial charge in [0.2, 0.25) is 10.0 Å². The molecule has 0 aliphatic rings. The summed E-state index contributed by atoms with van der Waals surface area (Å²) in [5.41, 5.74) is 5.32. The van der Waals surface area contributed by atoms with Gasteiger partial charge in [0.1, 0.15) is 0 Å². The molecule has 0 radical (unpaired) electrons. The van der Waals surface area contributed by atoms with Crippen molar-refractivity contribution in [2.75, 3.05) is 5.32 Å². The molecule has 3 rings (SSSR count). The molecule has 6 nitrogen and oxygen atoms in total. The lowest BCUT2D eigenvalue weighted by atomic mass is 10.0. The van der Waals surface area contributed by atoms with Crippen LogP contribution in [0.15, 0.2) is 59.8 Å². The van der Waals surface area contributed by atoms with Crippen LogP contribution in [0.3, 0.4) is 0 Å². The summed E-state index contributed by atoms with van der Waals surface area (Å²) in [5, 5.41) is 2.79. The molecule has 30 heavy (non-hydrogen) atoms. The number of carbonyl (C=O) groups excluding carboxylic acids is 1. The lowest BCUT2D eigenvalue weighted by molar-refractivity contribution is 0.102. The normalized spacial score (nSPS) is 11.3. The van der Waals surface area contributed by atoms with E-state index in [1.165, 1.54) is 0 Å². The number of anilines is 1. The van der Waals surface area contributed by atoms with Gasteiger partial charge in [-0.25, -0.2) is 13.1 Å². The molecule has 3 aromatic rings. The summed E-state index contributed by atoms with van der Waals surface area (Å²) in [6, 6.07) is 12.2. The number of hydrogen-bond acceptors (Lipinski definition) is 4. The van der Waals surface area contributed by atoms with Crippen LogP contribution < -0.4 is 10.0 Å². The SMILES string of the molecule is Cc1cc(C)c(C)c(S(=O)(=O)NCc2ccc(C(=O)Nc3ccncc3)cc2)c1C. The molecule has 0 saturated heterocycles. The van der Waals surface area contributed by atoms with Crippen LogP contribution >= 0.6 is 0 Å². The smallest absolute Gasteiger partial charge is 0.255 e. The second kappa shape index (κ2) is 8.77. The molecule has 1 amide bonds. The number of nitrogens with one attached hydrogen (secondary N) is 2. The molecule has 0 saturated carbocycles. The van der Waals surface area contributed by atoms with Crippen LogP contribution in [0.5, 0.6) is 0 Å². The minimum Gasteiger partial charge on any atom is -0.322 e. The first-order valence-corrected chi connectivity index (χ1v) is 11.0. The molecular formula is C23H25N3O3S. The van der Waals surface area contributed by atoms with Gasteiger partial charge in [-0.05, 0) is 79.8 Å². The second-order valence-electron chi connectivity index (χ2n) is 7.30. The predicted octanol–water partition coefficient (Wildman–Crippen LogP) is 4.05. The zero-order valence-electron chi connectivity index (χ0n) is 17.5. The number of pyridine rings is 1. The number of benzene rings is 2. The molecule has 0 spiro atoms. The summed E-state index contributed by atoms with van der Waals surface area (Å²) in [6.45, 7) is 7.62. The van der Waals surface area contributed by atoms with Gasteiger partial charge in [-0.2, -0.15) is 0 Å². The Bertz CT molecular complexity index is 1150.